The molecule has 3 heteroatoms. The van der Waals surface area contributed by atoms with Gasteiger partial charge in [-0.1, -0.05) is 6.08 Å². The molecule has 1 saturated heterocycles. The SMILES string of the molecule is Cc1ncc(C2=CCC[C@H]3CN[C@@H]23)cc1C#N. The summed E-state index contributed by atoms with van der Waals surface area (Å²) in [7, 11) is 0. The molecule has 0 saturated carbocycles. The van der Waals surface area contributed by atoms with E-state index in [4.69, 9.17) is 5.26 Å². The van der Waals surface area contributed by atoms with Gasteiger partial charge in [-0.05, 0) is 42.9 Å². The van der Waals surface area contributed by atoms with E-state index in [2.05, 4.69) is 22.4 Å². The summed E-state index contributed by atoms with van der Waals surface area (Å²) in [5, 5.41) is 12.5. The molecular weight excluding hydrogens is 210 g/mol. The molecule has 0 spiro atoms. The van der Waals surface area contributed by atoms with Crippen LogP contribution in [0, 0.1) is 24.2 Å². The van der Waals surface area contributed by atoms with Gasteiger partial charge in [0.25, 0.3) is 0 Å². The first-order valence-electron chi connectivity index (χ1n) is 6.10. The van der Waals surface area contributed by atoms with E-state index >= 15 is 0 Å². The zero-order valence-electron chi connectivity index (χ0n) is 9.90. The van der Waals surface area contributed by atoms with Crippen LogP contribution in [-0.4, -0.2) is 17.6 Å². The van der Waals surface area contributed by atoms with E-state index in [0.29, 0.717) is 11.6 Å². The van der Waals surface area contributed by atoms with Crippen LogP contribution in [0.15, 0.2) is 18.3 Å². The van der Waals surface area contributed by atoms with E-state index in [0.717, 1.165) is 30.1 Å². The number of hydrogen-bond donors (Lipinski definition) is 1. The van der Waals surface area contributed by atoms with Crippen LogP contribution in [0.1, 0.15) is 29.7 Å². The molecule has 1 aromatic rings. The van der Waals surface area contributed by atoms with Gasteiger partial charge in [0.2, 0.25) is 0 Å². The second kappa shape index (κ2) is 3.97. The maximum atomic E-state index is 9.05. The highest BCUT2D eigenvalue weighted by Crippen LogP contribution is 2.35. The molecule has 1 aliphatic heterocycles. The lowest BCUT2D eigenvalue weighted by Gasteiger charge is -2.42. The number of aromatic nitrogens is 1. The van der Waals surface area contributed by atoms with Crippen molar-refractivity contribution in [2.45, 2.75) is 25.8 Å². The lowest BCUT2D eigenvalue weighted by atomic mass is 9.76. The quantitative estimate of drug-likeness (QED) is 0.795. The van der Waals surface area contributed by atoms with Gasteiger partial charge >= 0.3 is 0 Å². The largest absolute Gasteiger partial charge is 0.309 e. The summed E-state index contributed by atoms with van der Waals surface area (Å²) in [4.78, 5) is 4.32. The summed E-state index contributed by atoms with van der Waals surface area (Å²) >= 11 is 0. The molecule has 3 nitrogen and oxygen atoms in total. The predicted molar refractivity (Wildman–Crippen MR) is 66.2 cm³/mol. The van der Waals surface area contributed by atoms with E-state index in [1.54, 1.807) is 0 Å². The lowest BCUT2D eigenvalue weighted by molar-refractivity contribution is 0.262. The Balaban J connectivity index is 1.99. The van der Waals surface area contributed by atoms with Crippen LogP contribution >= 0.6 is 0 Å². The van der Waals surface area contributed by atoms with E-state index in [9.17, 15) is 0 Å². The van der Waals surface area contributed by atoms with Crippen LogP contribution in [0.2, 0.25) is 0 Å². The fraction of sp³-hybridized carbons (Fsp3) is 0.429. The van der Waals surface area contributed by atoms with Crippen LogP contribution in [0.4, 0.5) is 0 Å². The van der Waals surface area contributed by atoms with Crippen LogP contribution in [0.5, 0.6) is 0 Å². The van der Waals surface area contributed by atoms with E-state index in [1.165, 1.54) is 12.0 Å². The lowest BCUT2D eigenvalue weighted by Crippen LogP contribution is -2.54. The number of rotatable bonds is 1. The topological polar surface area (TPSA) is 48.7 Å². The van der Waals surface area contributed by atoms with Crippen LogP contribution in [-0.2, 0) is 0 Å². The highest BCUT2D eigenvalue weighted by atomic mass is 15.0. The van der Waals surface area contributed by atoms with Crippen LogP contribution in [0.25, 0.3) is 5.57 Å². The van der Waals surface area contributed by atoms with E-state index in [1.807, 2.05) is 19.2 Å². The molecule has 1 fully saturated rings. The third-order valence-corrected chi connectivity index (χ3v) is 3.85. The minimum atomic E-state index is 0.486. The molecule has 0 radical (unpaired) electrons. The van der Waals surface area contributed by atoms with E-state index < -0.39 is 0 Å². The smallest absolute Gasteiger partial charge is 0.101 e. The monoisotopic (exact) mass is 225 g/mol. The molecule has 2 atom stereocenters. The Morgan fingerprint density at radius 1 is 1.53 bits per heavy atom. The van der Waals surface area contributed by atoms with Crippen molar-refractivity contribution < 1.29 is 0 Å². The molecule has 17 heavy (non-hydrogen) atoms. The second-order valence-electron chi connectivity index (χ2n) is 4.85. The molecule has 0 bridgehead atoms. The molecule has 0 amide bonds. The Kier molecular flexibility index (Phi) is 2.45. The number of pyridine rings is 1. The van der Waals surface area contributed by atoms with Crippen molar-refractivity contribution in [1.29, 1.82) is 5.26 Å². The Hall–Kier alpha value is -1.66. The van der Waals surface area contributed by atoms with Crippen molar-refractivity contribution >= 4 is 5.57 Å². The number of nitrogens with zero attached hydrogens (tertiary/aromatic N) is 2. The highest BCUT2D eigenvalue weighted by Gasteiger charge is 2.35. The molecule has 1 N–H and O–H groups in total. The van der Waals surface area contributed by atoms with Gasteiger partial charge in [0, 0.05) is 18.8 Å². The van der Waals surface area contributed by atoms with Gasteiger partial charge in [-0.3, -0.25) is 4.98 Å². The summed E-state index contributed by atoms with van der Waals surface area (Å²) in [6.45, 7) is 3.01. The molecule has 1 aliphatic carbocycles. The number of hydrogen-bond acceptors (Lipinski definition) is 3. The minimum absolute atomic E-state index is 0.486. The fourth-order valence-corrected chi connectivity index (χ4v) is 2.72. The van der Waals surface area contributed by atoms with Crippen molar-refractivity contribution in [3.8, 4) is 6.07 Å². The second-order valence-corrected chi connectivity index (χ2v) is 4.85. The van der Waals surface area contributed by atoms with Gasteiger partial charge in [0.15, 0.2) is 0 Å². The van der Waals surface area contributed by atoms with Gasteiger partial charge < -0.3 is 5.32 Å². The van der Waals surface area contributed by atoms with Crippen molar-refractivity contribution in [3.05, 3.63) is 35.2 Å². The number of fused-ring (bicyclic) bond motifs is 1. The van der Waals surface area contributed by atoms with Crippen molar-refractivity contribution in [2.24, 2.45) is 5.92 Å². The summed E-state index contributed by atoms with van der Waals surface area (Å²) in [6, 6.07) is 4.66. The molecule has 86 valence electrons. The molecule has 2 heterocycles. The van der Waals surface area contributed by atoms with Gasteiger partial charge in [-0.25, -0.2) is 0 Å². The summed E-state index contributed by atoms with van der Waals surface area (Å²) in [6.07, 6.45) is 6.62. The number of allylic oxidation sites excluding steroid dienone is 1. The predicted octanol–water partition coefficient (Wildman–Crippen LogP) is 2.03. The zero-order valence-corrected chi connectivity index (χ0v) is 9.90. The van der Waals surface area contributed by atoms with Gasteiger partial charge in [0.05, 0.1) is 11.3 Å². The van der Waals surface area contributed by atoms with Gasteiger partial charge in [-0.2, -0.15) is 5.26 Å². The fourth-order valence-electron chi connectivity index (χ4n) is 2.72. The maximum Gasteiger partial charge on any atom is 0.101 e. The zero-order chi connectivity index (χ0) is 11.8. The molecule has 0 aromatic carbocycles. The molecule has 3 rings (SSSR count). The number of nitrogens with one attached hydrogen (secondary N) is 1. The van der Waals surface area contributed by atoms with Gasteiger partial charge in [0.1, 0.15) is 6.07 Å². The summed E-state index contributed by atoms with van der Waals surface area (Å²) in [5.74, 6) is 0.779. The average Bonchev–Trinajstić information content (AvgIpc) is 2.31. The first-order valence-corrected chi connectivity index (χ1v) is 6.10. The Labute approximate surface area is 101 Å². The normalized spacial score (nSPS) is 26.5. The Morgan fingerprint density at radius 3 is 3.12 bits per heavy atom. The molecule has 2 aliphatic rings. The standard InChI is InChI=1S/C14H15N3/c1-9-11(6-15)5-12(8-16-9)13-4-2-3-10-7-17-14(10)13/h4-5,8,10,14,17H,2-3,7H2,1H3/t10-,14+/m0/s1. The minimum Gasteiger partial charge on any atom is -0.309 e. The highest BCUT2D eigenvalue weighted by molar-refractivity contribution is 5.72. The van der Waals surface area contributed by atoms with E-state index in [-0.39, 0.29) is 0 Å². The molecule has 0 unspecified atom stereocenters. The average molecular weight is 225 g/mol. The third-order valence-electron chi connectivity index (χ3n) is 3.85. The summed E-state index contributed by atoms with van der Waals surface area (Å²) < 4.78 is 0. The Bertz CT molecular complexity index is 525. The van der Waals surface area contributed by atoms with Crippen molar-refractivity contribution in [3.63, 3.8) is 0 Å². The molecule has 1 aromatic heterocycles. The van der Waals surface area contributed by atoms with Gasteiger partial charge in [-0.15, -0.1) is 0 Å². The number of nitriles is 1. The van der Waals surface area contributed by atoms with Crippen LogP contribution in [0.3, 0.4) is 0 Å². The summed E-state index contributed by atoms with van der Waals surface area (Å²) in [5.41, 5.74) is 3.93. The number of aryl methyl sites for hydroxylation is 1. The van der Waals surface area contributed by atoms with Crippen LogP contribution < -0.4 is 5.32 Å². The molecular formula is C14H15N3. The third kappa shape index (κ3) is 1.65. The van der Waals surface area contributed by atoms with Crippen molar-refractivity contribution in [2.75, 3.05) is 6.54 Å². The first kappa shape index (κ1) is 10.5. The first-order chi connectivity index (χ1) is 8.29. The van der Waals surface area contributed by atoms with Crippen molar-refractivity contribution in [1.82, 2.24) is 10.3 Å². The maximum absolute atomic E-state index is 9.05. The Morgan fingerprint density at radius 2 is 2.41 bits per heavy atom.